The van der Waals surface area contributed by atoms with Gasteiger partial charge in [-0.3, -0.25) is 0 Å². The quantitative estimate of drug-likeness (QED) is 0.160. The standard InChI is InChI=1S/C64H66BN3S/c1-60(2,3)37-20-27-42(28-21-37)66-50-33-26-41(64(13,14)15)36-47(50)65-54-57(66)52-45-34-39(62(7,8)9)24-31-48(45)68-49-32-25-40(63(10,11)12)35-46(49)53(56(52)68)58(54)67(43-29-22-38(23-30-43)61(4,5)6)55-44-18-16-17-19-51(44)69-59(55)65/h16-36H,1-15H3. The molecule has 7 aromatic carbocycles. The van der Waals surface area contributed by atoms with Gasteiger partial charge in [0, 0.05) is 53.5 Å². The number of nitrogens with zero attached hydrogens (tertiary/aromatic N) is 3. The van der Waals surface area contributed by atoms with Gasteiger partial charge in [-0.1, -0.05) is 171 Å². The fourth-order valence-electron chi connectivity index (χ4n) is 11.7. The summed E-state index contributed by atoms with van der Waals surface area (Å²) in [6.45, 7) is 35.1. The third kappa shape index (κ3) is 6.44. The minimum atomic E-state index is -0.0487. The maximum absolute atomic E-state index is 2.71. The molecule has 3 nitrogen and oxygen atoms in total. The van der Waals surface area contributed by atoms with Gasteiger partial charge in [0.1, 0.15) is 0 Å². The second kappa shape index (κ2) is 14.3. The zero-order valence-corrected chi connectivity index (χ0v) is 44.3. The van der Waals surface area contributed by atoms with E-state index < -0.39 is 0 Å². The molecule has 5 heteroatoms. The second-order valence-electron chi connectivity index (χ2n) is 25.5. The van der Waals surface area contributed by atoms with Gasteiger partial charge in [-0.25, -0.2) is 0 Å². The van der Waals surface area contributed by atoms with Crippen LogP contribution in [-0.4, -0.2) is 11.1 Å². The Kier molecular flexibility index (Phi) is 9.15. The summed E-state index contributed by atoms with van der Waals surface area (Å²) in [6.07, 6.45) is 0. The van der Waals surface area contributed by atoms with Crippen molar-refractivity contribution >= 4 is 116 Å². The van der Waals surface area contributed by atoms with Crippen molar-refractivity contribution in [3.8, 4) is 0 Å². The Balaban J connectivity index is 1.36. The third-order valence-corrected chi connectivity index (χ3v) is 16.9. The Hall–Kier alpha value is -6.04. The SMILES string of the molecule is CC(C)(C)c1ccc(N2c3ccc(C(C)(C)C)cc3B3c4sc5ccccc5c4N(c4ccc(C(C)(C)C)cc4)c4c3c2c2c3cc(C(C)(C)C)ccc3n3c5ccc(C(C)(C)C)cc5c4c23)cc1. The number of anilines is 6. The molecule has 5 heterocycles. The van der Waals surface area contributed by atoms with Crippen LogP contribution in [-0.2, 0) is 27.1 Å². The minimum absolute atomic E-state index is 0.0184. The molecule has 0 amide bonds. The van der Waals surface area contributed by atoms with Gasteiger partial charge >= 0.3 is 0 Å². The van der Waals surface area contributed by atoms with Crippen LogP contribution < -0.4 is 25.5 Å². The van der Waals surface area contributed by atoms with E-state index in [1.807, 2.05) is 11.3 Å². The number of fused-ring (bicyclic) bond motifs is 14. The predicted octanol–water partition coefficient (Wildman–Crippen LogP) is 16.6. The minimum Gasteiger partial charge on any atom is -0.311 e. The lowest BCUT2D eigenvalue weighted by Gasteiger charge is -2.44. The van der Waals surface area contributed by atoms with E-state index in [2.05, 4.69) is 245 Å². The van der Waals surface area contributed by atoms with Crippen LogP contribution in [0, 0.1) is 0 Å². The van der Waals surface area contributed by atoms with Gasteiger partial charge in [-0.2, -0.15) is 0 Å². The highest BCUT2D eigenvalue weighted by Crippen LogP contribution is 2.56. The first-order valence-electron chi connectivity index (χ1n) is 25.2. The van der Waals surface area contributed by atoms with Gasteiger partial charge in [0.15, 0.2) is 0 Å². The molecule has 0 aliphatic carbocycles. The van der Waals surface area contributed by atoms with Crippen molar-refractivity contribution in [2.45, 2.75) is 131 Å². The average molecular weight is 920 g/mol. The summed E-state index contributed by atoms with van der Waals surface area (Å²) < 4.78 is 5.37. The van der Waals surface area contributed by atoms with Crippen molar-refractivity contribution in [1.82, 2.24) is 4.40 Å². The summed E-state index contributed by atoms with van der Waals surface area (Å²) in [5.41, 5.74) is 20.8. The van der Waals surface area contributed by atoms with E-state index in [1.54, 1.807) is 0 Å². The molecule has 0 atom stereocenters. The predicted molar refractivity (Wildman–Crippen MR) is 304 cm³/mol. The molecule has 69 heavy (non-hydrogen) atoms. The highest BCUT2D eigenvalue weighted by Gasteiger charge is 2.48. The lowest BCUT2D eigenvalue weighted by molar-refractivity contribution is 0.590. The molecule has 0 radical (unpaired) electrons. The number of thiophene rings is 1. The Bertz CT molecular complexity index is 3740. The number of hydrogen-bond donors (Lipinski definition) is 0. The fraction of sp³-hybridized carbons (Fsp3) is 0.312. The van der Waals surface area contributed by atoms with Gasteiger partial charge in [-0.15, -0.1) is 11.3 Å². The van der Waals surface area contributed by atoms with Crippen molar-refractivity contribution < 1.29 is 0 Å². The first kappa shape index (κ1) is 44.2. The molecule has 346 valence electrons. The van der Waals surface area contributed by atoms with E-state index in [0.717, 1.165) is 0 Å². The highest BCUT2D eigenvalue weighted by molar-refractivity contribution is 7.33. The number of benzene rings is 7. The molecule has 0 N–H and O–H groups in total. The summed E-state index contributed by atoms with van der Waals surface area (Å²) in [6, 6.07) is 50.5. The first-order chi connectivity index (χ1) is 32.4. The van der Waals surface area contributed by atoms with Crippen molar-refractivity contribution in [2.75, 3.05) is 9.80 Å². The van der Waals surface area contributed by atoms with E-state index >= 15 is 0 Å². The van der Waals surface area contributed by atoms with Crippen LogP contribution in [0.4, 0.5) is 34.1 Å². The lowest BCUT2D eigenvalue weighted by Crippen LogP contribution is -2.60. The molecule has 2 aliphatic heterocycles. The highest BCUT2D eigenvalue weighted by atomic mass is 32.1. The van der Waals surface area contributed by atoms with Gasteiger partial charge < -0.3 is 14.2 Å². The topological polar surface area (TPSA) is 10.9 Å². The Morgan fingerprint density at radius 1 is 0.406 bits per heavy atom. The molecule has 3 aromatic heterocycles. The number of rotatable bonds is 2. The summed E-state index contributed by atoms with van der Waals surface area (Å²) in [5.74, 6) is 0. The Labute approximate surface area is 414 Å². The first-order valence-corrected chi connectivity index (χ1v) is 26.0. The molecule has 12 rings (SSSR count). The summed E-state index contributed by atoms with van der Waals surface area (Å²) >= 11 is 1.99. The number of hydrogen-bond acceptors (Lipinski definition) is 3. The van der Waals surface area contributed by atoms with Gasteiger partial charge in [0.25, 0.3) is 6.71 Å². The van der Waals surface area contributed by atoms with E-state index in [1.165, 1.54) is 126 Å². The van der Waals surface area contributed by atoms with Crippen LogP contribution in [0.1, 0.15) is 132 Å². The second-order valence-corrected chi connectivity index (χ2v) is 26.6. The molecule has 0 fully saturated rings. The molecule has 0 bridgehead atoms. The van der Waals surface area contributed by atoms with Crippen molar-refractivity contribution in [3.63, 3.8) is 0 Å². The molecule has 10 aromatic rings. The molecule has 0 spiro atoms. The molecular weight excluding hydrogens is 854 g/mol. The third-order valence-electron chi connectivity index (χ3n) is 15.7. The Morgan fingerprint density at radius 2 is 0.841 bits per heavy atom. The van der Waals surface area contributed by atoms with Crippen molar-refractivity contribution in [3.05, 3.63) is 155 Å². The fourth-order valence-corrected chi connectivity index (χ4v) is 13.0. The zero-order valence-electron chi connectivity index (χ0n) is 43.5. The summed E-state index contributed by atoms with van der Waals surface area (Å²) in [4.78, 5) is 5.39. The van der Waals surface area contributed by atoms with Crippen LogP contribution in [0.25, 0.3) is 48.2 Å². The molecule has 2 aliphatic rings. The smallest absolute Gasteiger partial charge is 0.264 e. The Morgan fingerprint density at radius 3 is 1.35 bits per heavy atom. The van der Waals surface area contributed by atoms with Crippen molar-refractivity contribution in [1.29, 1.82) is 0 Å². The van der Waals surface area contributed by atoms with Crippen LogP contribution in [0.3, 0.4) is 0 Å². The molecular formula is C64H66BN3S. The van der Waals surface area contributed by atoms with Crippen LogP contribution in [0.5, 0.6) is 0 Å². The maximum Gasteiger partial charge on any atom is 0.264 e. The summed E-state index contributed by atoms with van der Waals surface area (Å²) in [7, 11) is 0. The van der Waals surface area contributed by atoms with Crippen LogP contribution in [0.15, 0.2) is 127 Å². The van der Waals surface area contributed by atoms with E-state index in [9.17, 15) is 0 Å². The van der Waals surface area contributed by atoms with Gasteiger partial charge in [0.05, 0.1) is 33.6 Å². The normalized spacial score (nSPS) is 14.5. The zero-order chi connectivity index (χ0) is 48.6. The summed E-state index contributed by atoms with van der Waals surface area (Å²) in [5, 5.41) is 6.61. The lowest BCUT2D eigenvalue weighted by atomic mass is 9.35. The van der Waals surface area contributed by atoms with E-state index in [0.29, 0.717) is 0 Å². The van der Waals surface area contributed by atoms with E-state index in [4.69, 9.17) is 0 Å². The molecule has 0 unspecified atom stereocenters. The largest absolute Gasteiger partial charge is 0.311 e. The van der Waals surface area contributed by atoms with Gasteiger partial charge in [-0.05, 0) is 126 Å². The molecule has 0 saturated heterocycles. The maximum atomic E-state index is 2.71. The molecule has 0 saturated carbocycles. The van der Waals surface area contributed by atoms with E-state index in [-0.39, 0.29) is 33.8 Å². The average Bonchev–Trinajstić information content (AvgIpc) is 3.94. The van der Waals surface area contributed by atoms with Gasteiger partial charge in [0.2, 0.25) is 0 Å². The van der Waals surface area contributed by atoms with Crippen LogP contribution >= 0.6 is 11.3 Å². The van der Waals surface area contributed by atoms with Crippen molar-refractivity contribution in [2.24, 2.45) is 0 Å². The monoisotopic (exact) mass is 920 g/mol. The van der Waals surface area contributed by atoms with Crippen LogP contribution in [0.2, 0.25) is 0 Å². The number of aromatic nitrogens is 1.